The Labute approximate surface area is 101 Å². The van der Waals surface area contributed by atoms with E-state index in [1.807, 2.05) is 41.1 Å². The van der Waals surface area contributed by atoms with Crippen LogP contribution in [-0.4, -0.2) is 28.0 Å². The maximum absolute atomic E-state index is 8.71. The Morgan fingerprint density at radius 2 is 1.94 bits per heavy atom. The van der Waals surface area contributed by atoms with Gasteiger partial charge < -0.3 is 10.4 Å². The Kier molecular flexibility index (Phi) is 4.16. The molecule has 0 aliphatic heterocycles. The SMILES string of the molecule is OCCCCNc1ccnn1-c1ccccc1. The average Bonchev–Trinajstić information content (AvgIpc) is 2.84. The fourth-order valence-corrected chi connectivity index (χ4v) is 1.67. The van der Waals surface area contributed by atoms with Crippen molar-refractivity contribution in [2.75, 3.05) is 18.5 Å². The molecule has 0 spiro atoms. The lowest BCUT2D eigenvalue weighted by Crippen LogP contribution is -2.08. The molecule has 0 amide bonds. The summed E-state index contributed by atoms with van der Waals surface area (Å²) in [7, 11) is 0. The number of hydrogen-bond donors (Lipinski definition) is 2. The zero-order chi connectivity index (χ0) is 11.9. The van der Waals surface area contributed by atoms with Gasteiger partial charge in [-0.3, -0.25) is 0 Å². The monoisotopic (exact) mass is 231 g/mol. The summed E-state index contributed by atoms with van der Waals surface area (Å²) < 4.78 is 1.87. The van der Waals surface area contributed by atoms with Gasteiger partial charge in [0.15, 0.2) is 0 Å². The highest BCUT2D eigenvalue weighted by Gasteiger charge is 2.02. The van der Waals surface area contributed by atoms with Gasteiger partial charge in [0.2, 0.25) is 0 Å². The van der Waals surface area contributed by atoms with E-state index in [1.54, 1.807) is 6.20 Å². The van der Waals surface area contributed by atoms with Gasteiger partial charge >= 0.3 is 0 Å². The second-order valence-electron chi connectivity index (χ2n) is 3.82. The molecule has 0 radical (unpaired) electrons. The number of aliphatic hydroxyl groups is 1. The van der Waals surface area contributed by atoms with E-state index in [1.165, 1.54) is 0 Å². The molecule has 4 heteroatoms. The Balaban J connectivity index is 2.02. The Morgan fingerprint density at radius 3 is 2.71 bits per heavy atom. The maximum atomic E-state index is 8.71. The van der Waals surface area contributed by atoms with Crippen LogP contribution in [0.15, 0.2) is 42.6 Å². The van der Waals surface area contributed by atoms with Crippen LogP contribution < -0.4 is 5.32 Å². The van der Waals surface area contributed by atoms with Crippen molar-refractivity contribution in [3.8, 4) is 5.69 Å². The van der Waals surface area contributed by atoms with Crippen molar-refractivity contribution < 1.29 is 5.11 Å². The van der Waals surface area contributed by atoms with Gasteiger partial charge in [0, 0.05) is 19.2 Å². The van der Waals surface area contributed by atoms with E-state index >= 15 is 0 Å². The summed E-state index contributed by atoms with van der Waals surface area (Å²) in [4.78, 5) is 0. The highest BCUT2D eigenvalue weighted by Crippen LogP contribution is 2.14. The normalized spacial score (nSPS) is 10.4. The fourth-order valence-electron chi connectivity index (χ4n) is 1.67. The number of unbranched alkanes of at least 4 members (excludes halogenated alkanes) is 1. The van der Waals surface area contributed by atoms with Crippen LogP contribution in [0.1, 0.15) is 12.8 Å². The molecule has 2 N–H and O–H groups in total. The molecule has 90 valence electrons. The number of para-hydroxylation sites is 1. The molecule has 0 aliphatic carbocycles. The molecule has 0 bridgehead atoms. The van der Waals surface area contributed by atoms with Crippen molar-refractivity contribution in [1.29, 1.82) is 0 Å². The molecule has 4 nitrogen and oxygen atoms in total. The van der Waals surface area contributed by atoms with Gasteiger partial charge in [-0.2, -0.15) is 5.10 Å². The van der Waals surface area contributed by atoms with E-state index in [0.29, 0.717) is 0 Å². The highest BCUT2D eigenvalue weighted by atomic mass is 16.2. The zero-order valence-electron chi connectivity index (χ0n) is 9.71. The number of rotatable bonds is 6. The molecule has 0 aliphatic rings. The van der Waals surface area contributed by atoms with Gasteiger partial charge in [-0.1, -0.05) is 18.2 Å². The predicted octanol–water partition coefficient (Wildman–Crippen LogP) is 2.06. The van der Waals surface area contributed by atoms with Crippen LogP contribution in [0.5, 0.6) is 0 Å². The highest BCUT2D eigenvalue weighted by molar-refractivity contribution is 5.44. The van der Waals surface area contributed by atoms with Gasteiger partial charge in [0.1, 0.15) is 5.82 Å². The minimum atomic E-state index is 0.250. The van der Waals surface area contributed by atoms with E-state index in [9.17, 15) is 0 Å². The number of hydrogen-bond acceptors (Lipinski definition) is 3. The molecule has 0 atom stereocenters. The maximum Gasteiger partial charge on any atom is 0.129 e. The van der Waals surface area contributed by atoms with Crippen molar-refractivity contribution in [2.24, 2.45) is 0 Å². The van der Waals surface area contributed by atoms with Crippen LogP contribution in [0.4, 0.5) is 5.82 Å². The van der Waals surface area contributed by atoms with Crippen molar-refractivity contribution >= 4 is 5.82 Å². The largest absolute Gasteiger partial charge is 0.396 e. The molecule has 1 heterocycles. The van der Waals surface area contributed by atoms with Gasteiger partial charge in [0.05, 0.1) is 11.9 Å². The van der Waals surface area contributed by atoms with Crippen LogP contribution in [0.25, 0.3) is 5.69 Å². The van der Waals surface area contributed by atoms with E-state index in [2.05, 4.69) is 10.4 Å². The Bertz CT molecular complexity index is 439. The molecule has 1 aromatic carbocycles. The standard InChI is InChI=1S/C13H17N3O/c17-11-5-4-9-14-13-8-10-15-16(13)12-6-2-1-3-7-12/h1-3,6-8,10,14,17H,4-5,9,11H2. The molecule has 0 saturated heterocycles. The van der Waals surface area contributed by atoms with E-state index in [0.717, 1.165) is 30.9 Å². The van der Waals surface area contributed by atoms with Crippen LogP contribution in [0, 0.1) is 0 Å². The molecule has 2 rings (SSSR count). The molecular formula is C13H17N3O. The number of nitrogens with one attached hydrogen (secondary N) is 1. The first kappa shape index (κ1) is 11.7. The third-order valence-corrected chi connectivity index (χ3v) is 2.53. The number of anilines is 1. The summed E-state index contributed by atoms with van der Waals surface area (Å²) >= 11 is 0. The molecule has 0 saturated carbocycles. The lowest BCUT2D eigenvalue weighted by atomic mass is 10.3. The van der Waals surface area contributed by atoms with Crippen LogP contribution in [0.3, 0.4) is 0 Å². The van der Waals surface area contributed by atoms with Crippen molar-refractivity contribution in [1.82, 2.24) is 9.78 Å². The minimum absolute atomic E-state index is 0.250. The van der Waals surface area contributed by atoms with E-state index in [-0.39, 0.29) is 6.61 Å². The van der Waals surface area contributed by atoms with Crippen molar-refractivity contribution in [3.63, 3.8) is 0 Å². The quantitative estimate of drug-likeness (QED) is 0.748. The number of nitrogens with zero attached hydrogens (tertiary/aromatic N) is 2. The lowest BCUT2D eigenvalue weighted by Gasteiger charge is -2.09. The average molecular weight is 231 g/mol. The topological polar surface area (TPSA) is 50.1 Å². The van der Waals surface area contributed by atoms with Crippen LogP contribution >= 0.6 is 0 Å². The third kappa shape index (κ3) is 3.07. The van der Waals surface area contributed by atoms with Crippen LogP contribution in [-0.2, 0) is 0 Å². The Hall–Kier alpha value is -1.81. The van der Waals surface area contributed by atoms with Crippen molar-refractivity contribution in [2.45, 2.75) is 12.8 Å². The van der Waals surface area contributed by atoms with E-state index < -0.39 is 0 Å². The summed E-state index contributed by atoms with van der Waals surface area (Å²) in [6.45, 7) is 1.10. The summed E-state index contributed by atoms with van der Waals surface area (Å²) in [5.41, 5.74) is 1.04. The Morgan fingerprint density at radius 1 is 1.12 bits per heavy atom. The fraction of sp³-hybridized carbons (Fsp3) is 0.308. The molecule has 17 heavy (non-hydrogen) atoms. The first-order valence-electron chi connectivity index (χ1n) is 5.86. The summed E-state index contributed by atoms with van der Waals surface area (Å²) in [6, 6.07) is 12.0. The number of benzene rings is 1. The third-order valence-electron chi connectivity index (χ3n) is 2.53. The predicted molar refractivity (Wildman–Crippen MR) is 68.4 cm³/mol. The van der Waals surface area contributed by atoms with Gasteiger partial charge in [-0.25, -0.2) is 4.68 Å². The second-order valence-corrected chi connectivity index (χ2v) is 3.82. The molecule has 1 aromatic heterocycles. The molecular weight excluding hydrogens is 214 g/mol. The number of aromatic nitrogens is 2. The van der Waals surface area contributed by atoms with Gasteiger partial charge in [-0.05, 0) is 25.0 Å². The first-order chi connectivity index (χ1) is 8.42. The number of aliphatic hydroxyl groups excluding tert-OH is 1. The lowest BCUT2D eigenvalue weighted by molar-refractivity contribution is 0.286. The van der Waals surface area contributed by atoms with Crippen LogP contribution in [0.2, 0.25) is 0 Å². The second kappa shape index (κ2) is 6.06. The molecule has 0 unspecified atom stereocenters. The first-order valence-corrected chi connectivity index (χ1v) is 5.86. The molecule has 2 aromatic rings. The minimum Gasteiger partial charge on any atom is -0.396 e. The zero-order valence-corrected chi connectivity index (χ0v) is 9.71. The van der Waals surface area contributed by atoms with Crippen molar-refractivity contribution in [3.05, 3.63) is 42.6 Å². The summed E-state index contributed by atoms with van der Waals surface area (Å²) in [5.74, 6) is 0.981. The van der Waals surface area contributed by atoms with Gasteiger partial charge in [0.25, 0.3) is 0 Å². The summed E-state index contributed by atoms with van der Waals surface area (Å²) in [6.07, 6.45) is 3.56. The van der Waals surface area contributed by atoms with E-state index in [4.69, 9.17) is 5.11 Å². The summed E-state index contributed by atoms with van der Waals surface area (Å²) in [5, 5.41) is 16.3. The van der Waals surface area contributed by atoms with Gasteiger partial charge in [-0.15, -0.1) is 0 Å². The molecule has 0 fully saturated rings. The smallest absolute Gasteiger partial charge is 0.129 e.